The van der Waals surface area contributed by atoms with Gasteiger partial charge in [-0.2, -0.15) is 30.7 Å². The molecule has 4 nitrogen and oxygen atoms in total. The highest BCUT2D eigenvalue weighted by Crippen LogP contribution is 2.48. The number of phosphoric acid groups is 1. The monoisotopic (exact) mass is 280 g/mol. The largest absolute Gasteiger partial charge is 0.469 e. The van der Waals surface area contributed by atoms with Crippen LogP contribution in [0.2, 0.25) is 0 Å². The Morgan fingerprint density at radius 1 is 1.00 bits per heavy atom. The van der Waals surface area contributed by atoms with Gasteiger partial charge < -0.3 is 9.79 Å². The fourth-order valence-electron chi connectivity index (χ4n) is 0.463. The molecular formula is C4H4F7O4P. The van der Waals surface area contributed by atoms with Crippen LogP contribution in [0.1, 0.15) is 0 Å². The summed E-state index contributed by atoms with van der Waals surface area (Å²) < 4.78 is 95.9. The van der Waals surface area contributed by atoms with Crippen molar-refractivity contribution in [1.82, 2.24) is 0 Å². The third-order valence-electron chi connectivity index (χ3n) is 1.23. The van der Waals surface area contributed by atoms with Gasteiger partial charge >= 0.3 is 25.8 Å². The van der Waals surface area contributed by atoms with Crippen molar-refractivity contribution in [3.05, 3.63) is 0 Å². The first-order valence-corrected chi connectivity index (χ1v) is 4.76. The van der Waals surface area contributed by atoms with E-state index in [0.29, 0.717) is 0 Å². The van der Waals surface area contributed by atoms with Gasteiger partial charge in [0, 0.05) is 0 Å². The molecule has 0 aliphatic rings. The molecule has 0 bridgehead atoms. The molecule has 0 unspecified atom stereocenters. The molecule has 0 aliphatic heterocycles. The summed E-state index contributed by atoms with van der Waals surface area (Å²) in [6.07, 6.45) is -6.56. The normalized spacial score (nSPS) is 15.3. The molecule has 0 amide bonds. The summed E-state index contributed by atoms with van der Waals surface area (Å²) >= 11 is 0. The van der Waals surface area contributed by atoms with Crippen molar-refractivity contribution in [2.75, 3.05) is 6.61 Å². The molecule has 12 heteroatoms. The van der Waals surface area contributed by atoms with Crippen molar-refractivity contribution in [2.24, 2.45) is 0 Å². The van der Waals surface area contributed by atoms with Crippen molar-refractivity contribution >= 4 is 7.82 Å². The first kappa shape index (κ1) is 15.6. The van der Waals surface area contributed by atoms with Gasteiger partial charge in [0.05, 0.1) is 0 Å². The highest BCUT2D eigenvalue weighted by Gasteiger charge is 2.73. The average molecular weight is 280 g/mol. The zero-order chi connectivity index (χ0) is 13.4. The fraction of sp³-hybridized carbons (Fsp3) is 1.00. The maximum absolute atomic E-state index is 12.3. The summed E-state index contributed by atoms with van der Waals surface area (Å²) in [5, 5.41) is 0. The van der Waals surface area contributed by atoms with Crippen LogP contribution in [0.3, 0.4) is 0 Å². The second-order valence-electron chi connectivity index (χ2n) is 2.54. The van der Waals surface area contributed by atoms with E-state index in [1.807, 2.05) is 0 Å². The van der Waals surface area contributed by atoms with E-state index < -0.39 is 32.5 Å². The van der Waals surface area contributed by atoms with Crippen LogP contribution in [0.15, 0.2) is 0 Å². The van der Waals surface area contributed by atoms with E-state index in [2.05, 4.69) is 4.52 Å². The number of halogens is 7. The Morgan fingerprint density at radius 3 is 1.62 bits per heavy atom. The van der Waals surface area contributed by atoms with E-state index in [1.54, 1.807) is 0 Å². The minimum atomic E-state index is -6.56. The minimum absolute atomic E-state index is 2.76. The van der Waals surface area contributed by atoms with Crippen LogP contribution in [0.25, 0.3) is 0 Å². The molecule has 0 saturated heterocycles. The van der Waals surface area contributed by atoms with E-state index in [0.717, 1.165) is 0 Å². The topological polar surface area (TPSA) is 66.8 Å². The first-order chi connectivity index (χ1) is 6.71. The van der Waals surface area contributed by atoms with Crippen LogP contribution < -0.4 is 0 Å². The van der Waals surface area contributed by atoms with Gasteiger partial charge in [-0.3, -0.25) is 4.52 Å². The third-order valence-corrected chi connectivity index (χ3v) is 1.69. The van der Waals surface area contributed by atoms with Gasteiger partial charge in [-0.1, -0.05) is 0 Å². The lowest BCUT2D eigenvalue weighted by atomic mass is 10.2. The maximum atomic E-state index is 12.3. The molecule has 0 radical (unpaired) electrons. The number of phosphoric ester groups is 1. The zero-order valence-electron chi connectivity index (χ0n) is 7.01. The van der Waals surface area contributed by atoms with Crippen LogP contribution in [-0.2, 0) is 9.09 Å². The fourth-order valence-corrected chi connectivity index (χ4v) is 0.793. The standard InChI is InChI=1S/C4H4F7O4P/c5-2(6,1-15-16(12,13)14)3(7,8)4(9,10)11/h1H2,(H2,12,13,14). The summed E-state index contributed by atoms with van der Waals surface area (Å²) in [6.45, 7) is -2.76. The number of rotatable bonds is 4. The van der Waals surface area contributed by atoms with E-state index in [9.17, 15) is 35.3 Å². The summed E-state index contributed by atoms with van der Waals surface area (Å²) in [5.74, 6) is -12.2. The Balaban J connectivity index is 4.86. The SMILES string of the molecule is O=P(O)(O)OCC(F)(F)C(F)(F)C(F)(F)F. The molecule has 0 fully saturated rings. The van der Waals surface area contributed by atoms with E-state index >= 15 is 0 Å². The van der Waals surface area contributed by atoms with E-state index in [1.165, 1.54) is 0 Å². The molecule has 0 atom stereocenters. The van der Waals surface area contributed by atoms with Gasteiger partial charge in [0.2, 0.25) is 0 Å². The molecule has 0 aromatic heterocycles. The van der Waals surface area contributed by atoms with Crippen molar-refractivity contribution in [2.45, 2.75) is 18.0 Å². The number of alkyl halides is 7. The quantitative estimate of drug-likeness (QED) is 0.610. The van der Waals surface area contributed by atoms with Crippen LogP contribution >= 0.6 is 7.82 Å². The minimum Gasteiger partial charge on any atom is -0.303 e. The van der Waals surface area contributed by atoms with Crippen LogP contribution in [0, 0.1) is 0 Å². The highest BCUT2D eigenvalue weighted by molar-refractivity contribution is 7.46. The molecule has 2 N–H and O–H groups in total. The van der Waals surface area contributed by atoms with Crippen LogP contribution in [-0.4, -0.2) is 34.4 Å². The van der Waals surface area contributed by atoms with Crippen LogP contribution in [0.4, 0.5) is 30.7 Å². The first-order valence-electron chi connectivity index (χ1n) is 3.23. The van der Waals surface area contributed by atoms with Gasteiger partial charge in [0.1, 0.15) is 6.61 Å². The molecule has 16 heavy (non-hydrogen) atoms. The van der Waals surface area contributed by atoms with Crippen molar-refractivity contribution in [3.63, 3.8) is 0 Å². The lowest BCUT2D eigenvalue weighted by molar-refractivity contribution is -0.358. The van der Waals surface area contributed by atoms with Gasteiger partial charge in [0.25, 0.3) is 0 Å². The molecular weight excluding hydrogens is 276 g/mol. The molecule has 0 aliphatic carbocycles. The Kier molecular flexibility index (Phi) is 4.03. The summed E-state index contributed by atoms with van der Waals surface area (Å²) in [5.41, 5.74) is 0. The number of hydrogen-bond donors (Lipinski definition) is 2. The second-order valence-corrected chi connectivity index (χ2v) is 3.78. The molecule has 0 heterocycles. The second kappa shape index (κ2) is 4.13. The lowest BCUT2D eigenvalue weighted by Crippen LogP contribution is -2.54. The van der Waals surface area contributed by atoms with Gasteiger partial charge in [-0.25, -0.2) is 4.57 Å². The van der Waals surface area contributed by atoms with Gasteiger partial charge in [0.15, 0.2) is 0 Å². The Labute approximate surface area is 83.2 Å². The molecule has 98 valence electrons. The molecule has 0 spiro atoms. The predicted octanol–water partition coefficient (Wildman–Crippen LogP) is 1.93. The Hall–Kier alpha value is -0.380. The highest BCUT2D eigenvalue weighted by atomic mass is 31.2. The maximum Gasteiger partial charge on any atom is 0.469 e. The molecule has 0 rings (SSSR count). The van der Waals surface area contributed by atoms with Crippen molar-refractivity contribution in [1.29, 1.82) is 0 Å². The van der Waals surface area contributed by atoms with Gasteiger partial charge in [-0.15, -0.1) is 0 Å². The average Bonchev–Trinajstić information content (AvgIpc) is 1.97. The molecule has 0 aromatic carbocycles. The molecule has 0 saturated carbocycles. The molecule has 0 aromatic rings. The summed E-state index contributed by atoms with van der Waals surface area (Å²) in [7, 11) is -5.56. The van der Waals surface area contributed by atoms with Crippen molar-refractivity contribution in [3.8, 4) is 0 Å². The van der Waals surface area contributed by atoms with Crippen molar-refractivity contribution < 1.29 is 49.6 Å². The Bertz CT molecular complexity index is 293. The zero-order valence-corrected chi connectivity index (χ0v) is 7.91. The Morgan fingerprint density at radius 2 is 1.38 bits per heavy atom. The van der Waals surface area contributed by atoms with E-state index in [4.69, 9.17) is 9.79 Å². The van der Waals surface area contributed by atoms with E-state index in [-0.39, 0.29) is 0 Å². The summed E-state index contributed by atoms with van der Waals surface area (Å²) in [6, 6.07) is 0. The summed E-state index contributed by atoms with van der Waals surface area (Å²) in [4.78, 5) is 15.8. The lowest BCUT2D eigenvalue weighted by Gasteiger charge is -2.27. The predicted molar refractivity (Wildman–Crippen MR) is 33.9 cm³/mol. The third kappa shape index (κ3) is 3.58. The van der Waals surface area contributed by atoms with Gasteiger partial charge in [-0.05, 0) is 0 Å². The number of hydrogen-bond acceptors (Lipinski definition) is 2. The smallest absolute Gasteiger partial charge is 0.303 e. The van der Waals surface area contributed by atoms with Crippen LogP contribution in [0.5, 0.6) is 0 Å².